The van der Waals surface area contributed by atoms with Crippen LogP contribution in [0.5, 0.6) is 0 Å². The first-order chi connectivity index (χ1) is 25.2. The molecule has 2 heterocycles. The van der Waals surface area contributed by atoms with Crippen molar-refractivity contribution in [1.29, 1.82) is 0 Å². The third-order valence-electron chi connectivity index (χ3n) is 9.17. The summed E-state index contributed by atoms with van der Waals surface area (Å²) in [4.78, 5) is 19.2. The molecular formula is C46H28N4S. The van der Waals surface area contributed by atoms with Gasteiger partial charge in [0.15, 0.2) is 23.2 Å². The molecule has 5 heteroatoms. The average Bonchev–Trinajstić information content (AvgIpc) is 3.61. The van der Waals surface area contributed by atoms with Crippen LogP contribution in [0.25, 0.3) is 92.6 Å². The van der Waals surface area contributed by atoms with Crippen molar-refractivity contribution in [1.82, 2.24) is 15.0 Å². The zero-order valence-corrected chi connectivity index (χ0v) is 28.2. The predicted octanol–water partition coefficient (Wildman–Crippen LogP) is 12.8. The molecule has 0 aliphatic rings. The number of thiophene rings is 1. The molecule has 0 saturated heterocycles. The van der Waals surface area contributed by atoms with E-state index < -0.39 is 0 Å². The van der Waals surface area contributed by atoms with Crippen LogP contribution in [0.3, 0.4) is 0 Å². The lowest BCUT2D eigenvalue weighted by molar-refractivity contribution is 1.08. The molecule has 0 fully saturated rings. The maximum Gasteiger partial charge on any atom is 0.194 e. The molecule has 0 bridgehead atoms. The highest BCUT2D eigenvalue weighted by Crippen LogP contribution is 2.49. The maximum atomic E-state index is 8.01. The topological polar surface area (TPSA) is 43.0 Å². The van der Waals surface area contributed by atoms with E-state index in [1.165, 1.54) is 4.70 Å². The number of rotatable bonds is 6. The van der Waals surface area contributed by atoms with Crippen molar-refractivity contribution in [3.63, 3.8) is 0 Å². The van der Waals surface area contributed by atoms with E-state index >= 15 is 0 Å². The van der Waals surface area contributed by atoms with Crippen LogP contribution in [0.1, 0.15) is 0 Å². The van der Waals surface area contributed by atoms with Gasteiger partial charge >= 0.3 is 0 Å². The van der Waals surface area contributed by atoms with Gasteiger partial charge in [-0.3, -0.25) is 0 Å². The molecular weight excluding hydrogens is 641 g/mol. The largest absolute Gasteiger partial charge is 0.238 e. The second-order valence-electron chi connectivity index (χ2n) is 12.3. The number of benzene rings is 7. The Bertz CT molecular complexity index is 2680. The van der Waals surface area contributed by atoms with Crippen LogP contribution in [0.4, 0.5) is 5.69 Å². The van der Waals surface area contributed by atoms with Gasteiger partial charge in [0.2, 0.25) is 0 Å². The summed E-state index contributed by atoms with van der Waals surface area (Å²) in [6.07, 6.45) is 0. The molecule has 0 aliphatic heterocycles. The van der Waals surface area contributed by atoms with Crippen molar-refractivity contribution >= 4 is 37.2 Å². The number of fused-ring (bicyclic) bond motifs is 3. The van der Waals surface area contributed by atoms with Gasteiger partial charge in [-0.2, -0.15) is 0 Å². The highest BCUT2D eigenvalue weighted by molar-refractivity contribution is 7.27. The number of para-hydroxylation sites is 1. The zero-order chi connectivity index (χ0) is 34.1. The van der Waals surface area contributed by atoms with E-state index in [0.29, 0.717) is 23.2 Å². The Kier molecular flexibility index (Phi) is 7.70. The van der Waals surface area contributed by atoms with E-state index in [4.69, 9.17) is 21.5 Å². The summed E-state index contributed by atoms with van der Waals surface area (Å²) in [6.45, 7) is 8.01. The van der Waals surface area contributed by atoms with Crippen LogP contribution in [0, 0.1) is 6.57 Å². The SMILES string of the molecule is [C-]#[N+]c1ccccc1-c1ccc(-c2nc(-c3ccccc3)nc(-c3ccccc3)n2)c2c1sc1c(-c3ccccc3)cc(-c3ccccc3)cc12. The third-order valence-corrected chi connectivity index (χ3v) is 10.4. The van der Waals surface area contributed by atoms with Crippen LogP contribution in [-0.2, 0) is 0 Å². The molecule has 0 N–H and O–H groups in total. The van der Waals surface area contributed by atoms with Crippen molar-refractivity contribution in [3.8, 4) is 67.5 Å². The summed E-state index contributed by atoms with van der Waals surface area (Å²) >= 11 is 1.76. The van der Waals surface area contributed by atoms with Gasteiger partial charge in [-0.05, 0) is 46.0 Å². The van der Waals surface area contributed by atoms with Crippen molar-refractivity contribution in [3.05, 3.63) is 181 Å². The minimum absolute atomic E-state index is 0.601. The van der Waals surface area contributed by atoms with E-state index in [-0.39, 0.29) is 0 Å². The Balaban J connectivity index is 1.42. The van der Waals surface area contributed by atoms with Gasteiger partial charge in [0.05, 0.1) is 6.57 Å². The lowest BCUT2D eigenvalue weighted by Gasteiger charge is -2.12. The van der Waals surface area contributed by atoms with Gasteiger partial charge in [-0.25, -0.2) is 19.8 Å². The number of hydrogen-bond donors (Lipinski definition) is 0. The lowest BCUT2D eigenvalue weighted by Crippen LogP contribution is -2.00. The van der Waals surface area contributed by atoms with Crippen molar-refractivity contribution in [2.75, 3.05) is 0 Å². The Morgan fingerprint density at radius 2 is 0.902 bits per heavy atom. The zero-order valence-electron chi connectivity index (χ0n) is 27.4. The second kappa shape index (κ2) is 12.9. The first-order valence-corrected chi connectivity index (χ1v) is 17.5. The summed E-state index contributed by atoms with van der Waals surface area (Å²) in [5, 5.41) is 2.18. The summed E-state index contributed by atoms with van der Waals surface area (Å²) < 4.78 is 2.26. The van der Waals surface area contributed by atoms with Gasteiger partial charge < -0.3 is 0 Å². The van der Waals surface area contributed by atoms with E-state index in [1.807, 2.05) is 84.9 Å². The Labute approximate surface area is 299 Å². The number of aromatic nitrogens is 3. The third kappa shape index (κ3) is 5.54. The monoisotopic (exact) mass is 668 g/mol. The Hall–Kier alpha value is -6.74. The first kappa shape index (κ1) is 30.3. The standard InChI is InChI=1S/C46H28N4S/c1-47-40-25-15-14-24-35(40)36-26-27-37(46-49-44(32-20-10-4-11-21-32)48-45(50-46)33-22-12-5-13-23-33)41-39-29-34(30-16-6-2-7-17-30)28-38(42(39)51-43(36)41)31-18-8-3-9-19-31/h2-29H. The van der Waals surface area contributed by atoms with E-state index in [0.717, 1.165) is 65.5 Å². The predicted molar refractivity (Wildman–Crippen MR) is 212 cm³/mol. The molecule has 9 aromatic rings. The Morgan fingerprint density at radius 1 is 0.392 bits per heavy atom. The van der Waals surface area contributed by atoms with Gasteiger partial charge in [0.1, 0.15) is 0 Å². The van der Waals surface area contributed by atoms with Crippen molar-refractivity contribution in [2.24, 2.45) is 0 Å². The Morgan fingerprint density at radius 3 is 1.51 bits per heavy atom. The minimum atomic E-state index is 0.601. The van der Waals surface area contributed by atoms with E-state index in [1.54, 1.807) is 11.3 Å². The molecule has 0 radical (unpaired) electrons. The van der Waals surface area contributed by atoms with Gasteiger partial charge in [-0.1, -0.05) is 152 Å². The molecule has 2 aromatic heterocycles. The molecule has 0 saturated carbocycles. The van der Waals surface area contributed by atoms with Crippen molar-refractivity contribution in [2.45, 2.75) is 0 Å². The van der Waals surface area contributed by atoms with Crippen molar-refractivity contribution < 1.29 is 0 Å². The van der Waals surface area contributed by atoms with Crippen LogP contribution < -0.4 is 0 Å². The van der Waals surface area contributed by atoms with Gasteiger partial charge in [-0.15, -0.1) is 11.3 Å². The molecule has 0 amide bonds. The minimum Gasteiger partial charge on any atom is -0.238 e. The molecule has 7 aromatic carbocycles. The fourth-order valence-corrected chi connectivity index (χ4v) is 8.11. The average molecular weight is 669 g/mol. The lowest BCUT2D eigenvalue weighted by atomic mass is 9.93. The fraction of sp³-hybridized carbons (Fsp3) is 0. The molecule has 0 atom stereocenters. The molecule has 238 valence electrons. The highest BCUT2D eigenvalue weighted by atomic mass is 32.1. The second-order valence-corrected chi connectivity index (χ2v) is 13.3. The van der Waals surface area contributed by atoms with Gasteiger partial charge in [0, 0.05) is 42.4 Å². The first-order valence-electron chi connectivity index (χ1n) is 16.7. The molecule has 0 aliphatic carbocycles. The number of nitrogens with zero attached hydrogens (tertiary/aromatic N) is 4. The van der Waals surface area contributed by atoms with Crippen LogP contribution in [0.2, 0.25) is 0 Å². The molecule has 0 unspecified atom stereocenters. The molecule has 9 rings (SSSR count). The summed E-state index contributed by atoms with van der Waals surface area (Å²) in [6, 6.07) is 58.0. The van der Waals surface area contributed by atoms with Crippen LogP contribution in [0.15, 0.2) is 170 Å². The normalized spacial score (nSPS) is 11.1. The van der Waals surface area contributed by atoms with Crippen LogP contribution in [-0.4, -0.2) is 15.0 Å². The molecule has 51 heavy (non-hydrogen) atoms. The maximum absolute atomic E-state index is 8.01. The van der Waals surface area contributed by atoms with E-state index in [2.05, 4.69) is 89.8 Å². The summed E-state index contributed by atoms with van der Waals surface area (Å²) in [5.41, 5.74) is 9.89. The molecule has 0 spiro atoms. The summed E-state index contributed by atoms with van der Waals surface area (Å²) in [7, 11) is 0. The molecule has 4 nitrogen and oxygen atoms in total. The highest BCUT2D eigenvalue weighted by Gasteiger charge is 2.22. The fourth-order valence-electron chi connectivity index (χ4n) is 6.74. The van der Waals surface area contributed by atoms with Crippen LogP contribution >= 0.6 is 11.3 Å². The van der Waals surface area contributed by atoms with Gasteiger partial charge in [0.25, 0.3) is 0 Å². The number of hydrogen-bond acceptors (Lipinski definition) is 4. The quantitative estimate of drug-likeness (QED) is 0.166. The summed E-state index contributed by atoms with van der Waals surface area (Å²) in [5.74, 6) is 1.83. The van der Waals surface area contributed by atoms with E-state index in [9.17, 15) is 0 Å². The smallest absolute Gasteiger partial charge is 0.194 e.